The maximum absolute atomic E-state index is 11.4. The molecule has 1 aromatic heterocycles. The molecule has 1 unspecified atom stereocenters. The molecule has 22 heavy (non-hydrogen) atoms. The highest BCUT2D eigenvalue weighted by molar-refractivity contribution is 5.83. The SMILES string of the molecule is CCC(=O)Oc1ccc2cc(C3CN4CCC3CC4)[nH]c2c1. The summed E-state index contributed by atoms with van der Waals surface area (Å²) in [7, 11) is 0. The van der Waals surface area contributed by atoms with Crippen LogP contribution in [0.25, 0.3) is 10.9 Å². The lowest BCUT2D eigenvalue weighted by molar-refractivity contribution is -0.134. The zero-order valence-corrected chi connectivity index (χ0v) is 13.0. The molecule has 1 aromatic carbocycles. The van der Waals surface area contributed by atoms with E-state index in [1.165, 1.54) is 43.6 Å². The van der Waals surface area contributed by atoms with Crippen molar-refractivity contribution in [1.29, 1.82) is 0 Å². The largest absolute Gasteiger partial charge is 0.426 e. The molecule has 0 amide bonds. The summed E-state index contributed by atoms with van der Waals surface area (Å²) in [5.74, 6) is 1.87. The number of aromatic amines is 1. The summed E-state index contributed by atoms with van der Waals surface area (Å²) < 4.78 is 5.31. The van der Waals surface area contributed by atoms with Gasteiger partial charge in [-0.1, -0.05) is 6.92 Å². The van der Waals surface area contributed by atoms with Crippen molar-refractivity contribution in [2.45, 2.75) is 32.1 Å². The molecule has 3 aliphatic rings. The summed E-state index contributed by atoms with van der Waals surface area (Å²) in [4.78, 5) is 17.6. The number of esters is 1. The van der Waals surface area contributed by atoms with E-state index in [1.807, 2.05) is 18.2 Å². The van der Waals surface area contributed by atoms with Crippen LogP contribution in [-0.4, -0.2) is 35.5 Å². The molecular weight excluding hydrogens is 276 g/mol. The van der Waals surface area contributed by atoms with Crippen LogP contribution in [0.4, 0.5) is 0 Å². The van der Waals surface area contributed by atoms with Crippen molar-refractivity contribution in [1.82, 2.24) is 9.88 Å². The molecule has 3 saturated heterocycles. The van der Waals surface area contributed by atoms with Crippen molar-refractivity contribution in [3.8, 4) is 5.75 Å². The quantitative estimate of drug-likeness (QED) is 0.698. The van der Waals surface area contributed by atoms with E-state index in [1.54, 1.807) is 6.92 Å². The number of fused-ring (bicyclic) bond motifs is 4. The first-order valence-electron chi connectivity index (χ1n) is 8.28. The minimum Gasteiger partial charge on any atom is -0.426 e. The van der Waals surface area contributed by atoms with Crippen molar-refractivity contribution in [2.75, 3.05) is 19.6 Å². The number of nitrogens with one attached hydrogen (secondary N) is 1. The van der Waals surface area contributed by atoms with Gasteiger partial charge in [-0.05, 0) is 55.4 Å². The fraction of sp³-hybridized carbons (Fsp3) is 0.500. The van der Waals surface area contributed by atoms with Crippen molar-refractivity contribution in [3.63, 3.8) is 0 Å². The molecule has 0 spiro atoms. The number of aromatic nitrogens is 1. The van der Waals surface area contributed by atoms with Gasteiger partial charge < -0.3 is 14.6 Å². The number of carbonyl (C=O) groups excluding carboxylic acids is 1. The molecule has 3 aliphatic heterocycles. The Morgan fingerprint density at radius 3 is 2.82 bits per heavy atom. The van der Waals surface area contributed by atoms with E-state index in [-0.39, 0.29) is 5.97 Å². The van der Waals surface area contributed by atoms with Gasteiger partial charge in [-0.15, -0.1) is 0 Å². The highest BCUT2D eigenvalue weighted by Crippen LogP contribution is 2.39. The number of benzene rings is 1. The molecule has 2 aromatic rings. The number of hydrogen-bond donors (Lipinski definition) is 1. The number of carbonyl (C=O) groups is 1. The predicted molar refractivity (Wildman–Crippen MR) is 86.1 cm³/mol. The molecule has 1 N–H and O–H groups in total. The second-order valence-corrected chi connectivity index (χ2v) is 6.55. The average Bonchev–Trinajstić information content (AvgIpc) is 2.99. The third kappa shape index (κ3) is 2.41. The summed E-state index contributed by atoms with van der Waals surface area (Å²) in [5, 5.41) is 1.20. The van der Waals surface area contributed by atoms with Crippen LogP contribution >= 0.6 is 0 Å². The van der Waals surface area contributed by atoms with Crippen LogP contribution in [0.3, 0.4) is 0 Å². The van der Waals surface area contributed by atoms with E-state index in [2.05, 4.69) is 16.0 Å². The topological polar surface area (TPSA) is 45.3 Å². The molecule has 3 fully saturated rings. The van der Waals surface area contributed by atoms with Crippen LogP contribution in [0.5, 0.6) is 5.75 Å². The molecule has 2 bridgehead atoms. The van der Waals surface area contributed by atoms with Gasteiger partial charge >= 0.3 is 5.97 Å². The molecule has 116 valence electrons. The Morgan fingerprint density at radius 2 is 2.14 bits per heavy atom. The summed E-state index contributed by atoms with van der Waals surface area (Å²) in [6.07, 6.45) is 3.03. The molecule has 0 saturated carbocycles. The van der Waals surface area contributed by atoms with E-state index < -0.39 is 0 Å². The molecule has 5 rings (SSSR count). The highest BCUT2D eigenvalue weighted by atomic mass is 16.5. The van der Waals surface area contributed by atoms with Gasteiger partial charge in [0.2, 0.25) is 0 Å². The van der Waals surface area contributed by atoms with Crippen molar-refractivity contribution < 1.29 is 9.53 Å². The Labute approximate surface area is 130 Å². The maximum atomic E-state index is 11.4. The van der Waals surface area contributed by atoms with Crippen LogP contribution in [0.1, 0.15) is 37.8 Å². The molecule has 4 heteroatoms. The number of rotatable bonds is 3. The van der Waals surface area contributed by atoms with E-state index in [9.17, 15) is 4.79 Å². The van der Waals surface area contributed by atoms with Crippen LogP contribution < -0.4 is 4.74 Å². The first-order valence-corrected chi connectivity index (χ1v) is 8.28. The predicted octanol–water partition coefficient (Wildman–Crippen LogP) is 3.29. The Bertz CT molecular complexity index is 698. The van der Waals surface area contributed by atoms with Gasteiger partial charge in [0.05, 0.1) is 0 Å². The van der Waals surface area contributed by atoms with E-state index >= 15 is 0 Å². The Hall–Kier alpha value is -1.81. The van der Waals surface area contributed by atoms with Crippen molar-refractivity contribution in [3.05, 3.63) is 30.0 Å². The molecule has 1 atom stereocenters. The zero-order valence-electron chi connectivity index (χ0n) is 13.0. The van der Waals surface area contributed by atoms with Crippen molar-refractivity contribution >= 4 is 16.9 Å². The summed E-state index contributed by atoms with van der Waals surface area (Å²) in [6, 6.07) is 8.13. The first kappa shape index (κ1) is 13.8. The molecule has 4 heterocycles. The first-order chi connectivity index (χ1) is 10.7. The minimum absolute atomic E-state index is 0.191. The highest BCUT2D eigenvalue weighted by Gasteiger charge is 2.35. The van der Waals surface area contributed by atoms with Crippen molar-refractivity contribution in [2.24, 2.45) is 5.92 Å². The van der Waals surface area contributed by atoms with Crippen LogP contribution in [0.15, 0.2) is 24.3 Å². The summed E-state index contributed by atoms with van der Waals surface area (Å²) in [5.41, 5.74) is 2.40. The molecule has 0 radical (unpaired) electrons. The van der Waals surface area contributed by atoms with Gasteiger partial charge in [0.25, 0.3) is 0 Å². The van der Waals surface area contributed by atoms with E-state index in [0.717, 1.165) is 11.4 Å². The number of piperidine rings is 3. The van der Waals surface area contributed by atoms with Gasteiger partial charge in [0.1, 0.15) is 5.75 Å². The monoisotopic (exact) mass is 298 g/mol. The lowest BCUT2D eigenvalue weighted by atomic mass is 9.77. The molecule has 0 aliphatic carbocycles. The lowest BCUT2D eigenvalue weighted by Gasteiger charge is -2.44. The van der Waals surface area contributed by atoms with Gasteiger partial charge in [0.15, 0.2) is 0 Å². The number of H-pyrrole nitrogens is 1. The minimum atomic E-state index is -0.191. The Balaban J connectivity index is 1.62. The normalized spacial score (nSPS) is 27.2. The fourth-order valence-electron chi connectivity index (χ4n) is 3.91. The number of hydrogen-bond acceptors (Lipinski definition) is 3. The number of ether oxygens (including phenoxy) is 1. The fourth-order valence-corrected chi connectivity index (χ4v) is 3.91. The van der Waals surface area contributed by atoms with Gasteiger partial charge in [-0.2, -0.15) is 0 Å². The smallest absolute Gasteiger partial charge is 0.310 e. The molecule has 4 nitrogen and oxygen atoms in total. The Kier molecular flexibility index (Phi) is 3.41. The van der Waals surface area contributed by atoms with Crippen LogP contribution in [-0.2, 0) is 4.79 Å². The average molecular weight is 298 g/mol. The summed E-state index contributed by atoms with van der Waals surface area (Å²) in [6.45, 7) is 5.51. The summed E-state index contributed by atoms with van der Waals surface area (Å²) >= 11 is 0. The zero-order chi connectivity index (χ0) is 15.1. The van der Waals surface area contributed by atoms with Gasteiger partial charge in [-0.25, -0.2) is 0 Å². The third-order valence-corrected chi connectivity index (χ3v) is 5.19. The standard InChI is InChI=1S/C18H22N2O2/c1-2-18(21)22-14-4-3-13-9-17(19-16(13)10-14)15-11-20-7-5-12(15)6-8-20/h3-4,9-10,12,15,19H,2,5-8,11H2,1H3. The van der Waals surface area contributed by atoms with E-state index in [4.69, 9.17) is 4.74 Å². The maximum Gasteiger partial charge on any atom is 0.310 e. The Morgan fingerprint density at radius 1 is 1.32 bits per heavy atom. The number of nitrogens with zero attached hydrogens (tertiary/aromatic N) is 1. The van der Waals surface area contributed by atoms with Crippen LogP contribution in [0.2, 0.25) is 0 Å². The van der Waals surface area contributed by atoms with Crippen LogP contribution in [0, 0.1) is 5.92 Å². The second kappa shape index (κ2) is 5.43. The van der Waals surface area contributed by atoms with Gasteiger partial charge in [-0.3, -0.25) is 4.79 Å². The van der Waals surface area contributed by atoms with Gasteiger partial charge in [0, 0.05) is 36.2 Å². The lowest BCUT2D eigenvalue weighted by Crippen LogP contribution is -2.46. The third-order valence-electron chi connectivity index (χ3n) is 5.19. The molecular formula is C18H22N2O2. The second-order valence-electron chi connectivity index (χ2n) is 6.55. The van der Waals surface area contributed by atoms with E-state index in [0.29, 0.717) is 18.1 Å².